The zero-order valence-electron chi connectivity index (χ0n) is 15.8. The number of benzene rings is 2. The number of amides is 2. The van der Waals surface area contributed by atoms with Gasteiger partial charge in [-0.15, -0.1) is 11.8 Å². The van der Waals surface area contributed by atoms with Crippen LogP contribution in [0.2, 0.25) is 0 Å². The van der Waals surface area contributed by atoms with Gasteiger partial charge in [-0.05, 0) is 35.2 Å². The molecule has 0 saturated carbocycles. The van der Waals surface area contributed by atoms with E-state index in [-0.39, 0.29) is 17.4 Å². The first kappa shape index (κ1) is 19.3. The summed E-state index contributed by atoms with van der Waals surface area (Å²) in [6, 6.07) is 15.6. The summed E-state index contributed by atoms with van der Waals surface area (Å²) in [6.45, 7) is 7.38. The number of anilines is 2. The Morgan fingerprint density at radius 1 is 1.15 bits per heavy atom. The van der Waals surface area contributed by atoms with Crippen molar-refractivity contribution in [2.24, 2.45) is 0 Å². The summed E-state index contributed by atoms with van der Waals surface area (Å²) in [4.78, 5) is 26.8. The molecule has 1 aliphatic heterocycles. The highest BCUT2D eigenvalue weighted by atomic mass is 32.2. The number of hydrogen-bond donors (Lipinski definition) is 1. The lowest BCUT2D eigenvalue weighted by Gasteiger charge is -2.19. The van der Waals surface area contributed by atoms with Gasteiger partial charge in [0.1, 0.15) is 6.61 Å². The van der Waals surface area contributed by atoms with Gasteiger partial charge in [0.15, 0.2) is 0 Å². The van der Waals surface area contributed by atoms with Crippen LogP contribution in [0.1, 0.15) is 26.3 Å². The van der Waals surface area contributed by atoms with Crippen LogP contribution in [-0.2, 0) is 14.9 Å². The average molecular weight is 385 g/mol. The summed E-state index contributed by atoms with van der Waals surface area (Å²) in [5, 5.41) is 2.90. The van der Waals surface area contributed by atoms with E-state index in [1.807, 2.05) is 24.3 Å². The maximum atomic E-state index is 12.4. The van der Waals surface area contributed by atoms with Crippen LogP contribution in [0.5, 0.6) is 0 Å². The molecule has 2 aromatic carbocycles. The number of para-hydroxylation sites is 2. The second-order valence-electron chi connectivity index (χ2n) is 7.39. The SMILES string of the molecule is CC(C)(C)c1ccc(SCC(=O)Nc2ccccc2N2CCOC2=O)cc1. The standard InChI is InChI=1S/C21H24N2O3S/c1-21(2,3)15-8-10-16(11-9-15)27-14-19(24)22-17-6-4-5-7-18(17)23-12-13-26-20(23)25/h4-11H,12-14H2,1-3H3,(H,22,24). The Kier molecular flexibility index (Phi) is 5.75. The predicted molar refractivity (Wildman–Crippen MR) is 110 cm³/mol. The number of rotatable bonds is 5. The van der Waals surface area contributed by atoms with Gasteiger partial charge in [0.05, 0.1) is 23.7 Å². The van der Waals surface area contributed by atoms with Gasteiger partial charge in [0, 0.05) is 4.90 Å². The molecule has 0 aromatic heterocycles. The summed E-state index contributed by atoms with van der Waals surface area (Å²) >= 11 is 1.49. The molecule has 1 saturated heterocycles. The predicted octanol–water partition coefficient (Wildman–Crippen LogP) is 4.67. The molecule has 3 rings (SSSR count). The van der Waals surface area contributed by atoms with E-state index in [0.29, 0.717) is 30.3 Å². The van der Waals surface area contributed by atoms with Gasteiger partial charge in [-0.3, -0.25) is 9.69 Å². The molecule has 0 spiro atoms. The first-order valence-corrected chi connectivity index (χ1v) is 9.90. The molecule has 0 aliphatic carbocycles. The van der Waals surface area contributed by atoms with Crippen molar-refractivity contribution in [2.75, 3.05) is 29.1 Å². The third kappa shape index (κ3) is 4.83. The molecular weight excluding hydrogens is 360 g/mol. The summed E-state index contributed by atoms with van der Waals surface area (Å²) in [6.07, 6.45) is -0.384. The third-order valence-electron chi connectivity index (χ3n) is 4.32. The summed E-state index contributed by atoms with van der Waals surface area (Å²) in [5.41, 5.74) is 2.65. The molecule has 0 bridgehead atoms. The molecule has 0 radical (unpaired) electrons. The Morgan fingerprint density at radius 3 is 2.48 bits per heavy atom. The van der Waals surface area contributed by atoms with Gasteiger partial charge in [-0.25, -0.2) is 4.79 Å². The molecule has 1 aliphatic rings. The summed E-state index contributed by atoms with van der Waals surface area (Å²) in [7, 11) is 0. The van der Waals surface area contributed by atoms with Crippen molar-refractivity contribution in [3.63, 3.8) is 0 Å². The van der Waals surface area contributed by atoms with E-state index in [1.165, 1.54) is 22.2 Å². The molecule has 27 heavy (non-hydrogen) atoms. The van der Waals surface area contributed by atoms with E-state index in [0.717, 1.165) is 4.90 Å². The van der Waals surface area contributed by atoms with Crippen LogP contribution >= 0.6 is 11.8 Å². The molecule has 0 atom stereocenters. The smallest absolute Gasteiger partial charge is 0.414 e. The summed E-state index contributed by atoms with van der Waals surface area (Å²) in [5.74, 6) is 0.188. The molecule has 142 valence electrons. The molecule has 0 unspecified atom stereocenters. The van der Waals surface area contributed by atoms with E-state index in [9.17, 15) is 9.59 Å². The quantitative estimate of drug-likeness (QED) is 0.761. The monoisotopic (exact) mass is 384 g/mol. The largest absolute Gasteiger partial charge is 0.447 e. The van der Waals surface area contributed by atoms with Crippen LogP contribution in [0.15, 0.2) is 53.4 Å². The minimum atomic E-state index is -0.384. The number of thioether (sulfide) groups is 1. The molecule has 5 nitrogen and oxygen atoms in total. The lowest BCUT2D eigenvalue weighted by molar-refractivity contribution is -0.113. The zero-order valence-corrected chi connectivity index (χ0v) is 16.6. The molecular formula is C21H24N2O3S. The van der Waals surface area contributed by atoms with Crippen molar-refractivity contribution < 1.29 is 14.3 Å². The van der Waals surface area contributed by atoms with E-state index in [1.54, 1.807) is 12.1 Å². The first-order chi connectivity index (χ1) is 12.8. The Morgan fingerprint density at radius 2 is 1.85 bits per heavy atom. The zero-order chi connectivity index (χ0) is 19.4. The second-order valence-corrected chi connectivity index (χ2v) is 8.44. The number of nitrogens with one attached hydrogen (secondary N) is 1. The van der Waals surface area contributed by atoms with Crippen molar-refractivity contribution in [1.29, 1.82) is 0 Å². The van der Waals surface area contributed by atoms with Crippen molar-refractivity contribution in [3.05, 3.63) is 54.1 Å². The van der Waals surface area contributed by atoms with Gasteiger partial charge in [-0.2, -0.15) is 0 Å². The topological polar surface area (TPSA) is 58.6 Å². The minimum Gasteiger partial charge on any atom is -0.447 e. The Balaban J connectivity index is 1.61. The summed E-state index contributed by atoms with van der Waals surface area (Å²) < 4.78 is 4.99. The van der Waals surface area contributed by atoms with Crippen LogP contribution in [0.3, 0.4) is 0 Å². The van der Waals surface area contributed by atoms with Crippen LogP contribution in [-0.4, -0.2) is 30.9 Å². The molecule has 2 amide bonds. The fourth-order valence-corrected chi connectivity index (χ4v) is 3.51. The maximum Gasteiger partial charge on any atom is 0.414 e. The van der Waals surface area contributed by atoms with E-state index in [4.69, 9.17) is 4.74 Å². The number of nitrogens with zero attached hydrogens (tertiary/aromatic N) is 1. The minimum absolute atomic E-state index is 0.111. The van der Waals surface area contributed by atoms with Crippen molar-refractivity contribution in [1.82, 2.24) is 0 Å². The molecule has 1 fully saturated rings. The average Bonchev–Trinajstić information content (AvgIpc) is 3.06. The maximum absolute atomic E-state index is 12.4. The number of ether oxygens (including phenoxy) is 1. The van der Waals surface area contributed by atoms with Crippen molar-refractivity contribution in [2.45, 2.75) is 31.1 Å². The normalized spacial score (nSPS) is 14.2. The lowest BCUT2D eigenvalue weighted by Crippen LogP contribution is -2.25. The number of cyclic esters (lactones) is 1. The fraction of sp³-hybridized carbons (Fsp3) is 0.333. The van der Waals surface area contributed by atoms with Gasteiger partial charge in [-0.1, -0.05) is 45.0 Å². The second kappa shape index (κ2) is 8.05. The van der Waals surface area contributed by atoms with Crippen LogP contribution in [0.25, 0.3) is 0 Å². The molecule has 6 heteroatoms. The van der Waals surface area contributed by atoms with Gasteiger partial charge >= 0.3 is 6.09 Å². The van der Waals surface area contributed by atoms with Crippen LogP contribution in [0, 0.1) is 0 Å². The van der Waals surface area contributed by atoms with Crippen molar-refractivity contribution in [3.8, 4) is 0 Å². The highest BCUT2D eigenvalue weighted by molar-refractivity contribution is 8.00. The number of hydrogen-bond acceptors (Lipinski definition) is 4. The van der Waals surface area contributed by atoms with Gasteiger partial charge in [0.25, 0.3) is 0 Å². The first-order valence-electron chi connectivity index (χ1n) is 8.91. The van der Waals surface area contributed by atoms with E-state index < -0.39 is 0 Å². The molecule has 1 heterocycles. The Labute approximate surface area is 164 Å². The number of carbonyl (C=O) groups is 2. The van der Waals surface area contributed by atoms with Gasteiger partial charge in [0.2, 0.25) is 5.91 Å². The Hall–Kier alpha value is -2.47. The third-order valence-corrected chi connectivity index (χ3v) is 5.33. The van der Waals surface area contributed by atoms with Crippen molar-refractivity contribution >= 4 is 35.1 Å². The fourth-order valence-electron chi connectivity index (χ4n) is 2.81. The molecule has 2 aromatic rings. The van der Waals surface area contributed by atoms with Crippen LogP contribution < -0.4 is 10.2 Å². The van der Waals surface area contributed by atoms with E-state index in [2.05, 4.69) is 38.2 Å². The molecule has 1 N–H and O–H groups in total. The van der Waals surface area contributed by atoms with Crippen LogP contribution in [0.4, 0.5) is 16.2 Å². The highest BCUT2D eigenvalue weighted by Gasteiger charge is 2.25. The van der Waals surface area contributed by atoms with E-state index >= 15 is 0 Å². The highest BCUT2D eigenvalue weighted by Crippen LogP contribution is 2.29. The lowest BCUT2D eigenvalue weighted by atomic mass is 9.87. The Bertz CT molecular complexity index is 828. The van der Waals surface area contributed by atoms with Gasteiger partial charge < -0.3 is 10.1 Å². The number of carbonyl (C=O) groups excluding carboxylic acids is 2.